The van der Waals surface area contributed by atoms with Crippen molar-refractivity contribution in [1.82, 2.24) is 5.32 Å². The number of halogens is 1. The topological polar surface area (TPSA) is 49.3 Å². The van der Waals surface area contributed by atoms with E-state index in [9.17, 15) is 14.3 Å². The Morgan fingerprint density at radius 2 is 2.25 bits per heavy atom. The van der Waals surface area contributed by atoms with Gasteiger partial charge in [-0.25, -0.2) is 4.39 Å². The zero-order valence-corrected chi connectivity index (χ0v) is 9.09. The maximum absolute atomic E-state index is 12.7. The average molecular weight is 223 g/mol. The van der Waals surface area contributed by atoms with E-state index in [4.69, 9.17) is 0 Å². The van der Waals surface area contributed by atoms with E-state index in [1.165, 1.54) is 6.07 Å². The molecule has 2 N–H and O–H groups in total. The largest absolute Gasteiger partial charge is 0.507 e. The van der Waals surface area contributed by atoms with Crippen LogP contribution in [0, 0.1) is 11.2 Å². The fourth-order valence-corrected chi connectivity index (χ4v) is 1.48. The Morgan fingerprint density at radius 1 is 1.56 bits per heavy atom. The third kappa shape index (κ3) is 2.32. The Bertz CT molecular complexity index is 427. The number of phenolic OH excluding ortho intramolecular Hbond substituents is 1. The number of hydrogen-bond donors (Lipinski definition) is 2. The first-order chi connectivity index (χ1) is 7.50. The van der Waals surface area contributed by atoms with Gasteiger partial charge in [0.25, 0.3) is 5.91 Å². The quantitative estimate of drug-likeness (QED) is 0.824. The minimum Gasteiger partial charge on any atom is -0.507 e. The van der Waals surface area contributed by atoms with Gasteiger partial charge in [0.15, 0.2) is 0 Å². The normalized spacial score (nSPS) is 16.9. The Hall–Kier alpha value is -1.58. The van der Waals surface area contributed by atoms with E-state index < -0.39 is 5.82 Å². The molecule has 0 unspecified atom stereocenters. The third-order valence-corrected chi connectivity index (χ3v) is 2.98. The molecular formula is C12H14FNO2. The molecule has 3 nitrogen and oxygen atoms in total. The number of carbonyl (C=O) groups is 1. The fraction of sp³-hybridized carbons (Fsp3) is 0.417. The van der Waals surface area contributed by atoms with E-state index in [1.807, 2.05) is 0 Å². The Morgan fingerprint density at radius 3 is 2.81 bits per heavy atom. The summed E-state index contributed by atoms with van der Waals surface area (Å²) in [6.07, 6.45) is 2.23. The molecule has 1 amide bonds. The second-order valence-electron chi connectivity index (χ2n) is 4.65. The molecule has 1 aliphatic rings. The lowest BCUT2D eigenvalue weighted by Crippen LogP contribution is -2.29. The van der Waals surface area contributed by atoms with Crippen LogP contribution in [0.5, 0.6) is 5.75 Å². The van der Waals surface area contributed by atoms with Crippen molar-refractivity contribution in [2.75, 3.05) is 6.54 Å². The van der Waals surface area contributed by atoms with Crippen molar-refractivity contribution < 1.29 is 14.3 Å². The highest BCUT2D eigenvalue weighted by Crippen LogP contribution is 2.44. The molecule has 1 aromatic carbocycles. The Labute approximate surface area is 93.3 Å². The number of rotatable bonds is 3. The molecule has 0 saturated heterocycles. The maximum Gasteiger partial charge on any atom is 0.255 e. The zero-order valence-electron chi connectivity index (χ0n) is 9.09. The molecule has 16 heavy (non-hydrogen) atoms. The lowest BCUT2D eigenvalue weighted by molar-refractivity contribution is 0.0943. The molecule has 1 saturated carbocycles. The van der Waals surface area contributed by atoms with E-state index in [-0.39, 0.29) is 22.6 Å². The lowest BCUT2D eigenvalue weighted by Gasteiger charge is -2.10. The molecule has 0 spiro atoms. The summed E-state index contributed by atoms with van der Waals surface area (Å²) in [7, 11) is 0. The van der Waals surface area contributed by atoms with Gasteiger partial charge < -0.3 is 10.4 Å². The van der Waals surface area contributed by atoms with Crippen LogP contribution in [0.3, 0.4) is 0 Å². The summed E-state index contributed by atoms with van der Waals surface area (Å²) >= 11 is 0. The first kappa shape index (κ1) is 10.9. The van der Waals surface area contributed by atoms with Gasteiger partial charge >= 0.3 is 0 Å². The van der Waals surface area contributed by atoms with Gasteiger partial charge in [0, 0.05) is 12.6 Å². The molecule has 1 aromatic rings. The molecule has 0 heterocycles. The first-order valence-corrected chi connectivity index (χ1v) is 5.27. The van der Waals surface area contributed by atoms with Gasteiger partial charge in [0.05, 0.1) is 5.56 Å². The highest BCUT2D eigenvalue weighted by atomic mass is 19.1. The van der Waals surface area contributed by atoms with Crippen molar-refractivity contribution in [2.45, 2.75) is 19.8 Å². The lowest BCUT2D eigenvalue weighted by atomic mass is 10.1. The van der Waals surface area contributed by atoms with Crippen LogP contribution in [0.25, 0.3) is 0 Å². The van der Waals surface area contributed by atoms with Gasteiger partial charge in [0.2, 0.25) is 0 Å². The Kier molecular flexibility index (Phi) is 2.58. The van der Waals surface area contributed by atoms with Gasteiger partial charge in [-0.1, -0.05) is 6.92 Å². The highest BCUT2D eigenvalue weighted by molar-refractivity contribution is 5.96. The molecule has 1 aliphatic carbocycles. The fourth-order valence-electron chi connectivity index (χ4n) is 1.48. The zero-order chi connectivity index (χ0) is 11.8. The van der Waals surface area contributed by atoms with Crippen LogP contribution in [0.1, 0.15) is 30.1 Å². The van der Waals surface area contributed by atoms with Gasteiger partial charge in [-0.2, -0.15) is 0 Å². The van der Waals surface area contributed by atoms with Crippen LogP contribution in [0.15, 0.2) is 18.2 Å². The average Bonchev–Trinajstić information content (AvgIpc) is 2.94. The molecule has 0 aromatic heterocycles. The van der Waals surface area contributed by atoms with Crippen LogP contribution in [-0.4, -0.2) is 17.6 Å². The second kappa shape index (κ2) is 3.77. The molecule has 86 valence electrons. The molecule has 0 aliphatic heterocycles. The number of nitrogens with one attached hydrogen (secondary N) is 1. The smallest absolute Gasteiger partial charge is 0.255 e. The number of benzene rings is 1. The monoisotopic (exact) mass is 223 g/mol. The molecule has 0 bridgehead atoms. The van der Waals surface area contributed by atoms with E-state index in [1.54, 1.807) is 0 Å². The molecular weight excluding hydrogens is 209 g/mol. The number of phenols is 1. The van der Waals surface area contributed by atoms with Crippen molar-refractivity contribution in [1.29, 1.82) is 0 Å². The van der Waals surface area contributed by atoms with Crippen molar-refractivity contribution in [3.8, 4) is 5.75 Å². The highest BCUT2D eigenvalue weighted by Gasteiger charge is 2.37. The van der Waals surface area contributed by atoms with Gasteiger partial charge in [-0.3, -0.25) is 4.79 Å². The minimum atomic E-state index is -0.553. The molecule has 4 heteroatoms. The summed E-state index contributed by atoms with van der Waals surface area (Å²) in [5.74, 6) is -1.23. The predicted molar refractivity (Wildman–Crippen MR) is 57.7 cm³/mol. The van der Waals surface area contributed by atoms with Crippen LogP contribution in [0.4, 0.5) is 4.39 Å². The van der Waals surface area contributed by atoms with Crippen molar-refractivity contribution in [3.63, 3.8) is 0 Å². The molecule has 1 fully saturated rings. The second-order valence-corrected chi connectivity index (χ2v) is 4.65. The van der Waals surface area contributed by atoms with E-state index >= 15 is 0 Å². The van der Waals surface area contributed by atoms with Crippen LogP contribution in [-0.2, 0) is 0 Å². The van der Waals surface area contributed by atoms with Crippen LogP contribution < -0.4 is 5.32 Å². The van der Waals surface area contributed by atoms with Crippen LogP contribution >= 0.6 is 0 Å². The first-order valence-electron chi connectivity index (χ1n) is 5.27. The predicted octanol–water partition coefficient (Wildman–Crippen LogP) is 2.06. The minimum absolute atomic E-state index is 0.116. The summed E-state index contributed by atoms with van der Waals surface area (Å²) in [6.45, 7) is 2.69. The number of carbonyl (C=O) groups excluding carboxylic acids is 1. The van der Waals surface area contributed by atoms with Crippen molar-refractivity contribution in [3.05, 3.63) is 29.6 Å². The van der Waals surface area contributed by atoms with E-state index in [0.29, 0.717) is 6.54 Å². The number of hydrogen-bond acceptors (Lipinski definition) is 2. The molecule has 2 rings (SSSR count). The summed E-state index contributed by atoms with van der Waals surface area (Å²) in [5.41, 5.74) is 0.330. The van der Waals surface area contributed by atoms with E-state index in [2.05, 4.69) is 12.2 Å². The van der Waals surface area contributed by atoms with Gasteiger partial charge in [-0.15, -0.1) is 0 Å². The molecule has 0 radical (unpaired) electrons. The van der Waals surface area contributed by atoms with Crippen molar-refractivity contribution in [2.24, 2.45) is 5.41 Å². The van der Waals surface area contributed by atoms with Crippen LogP contribution in [0.2, 0.25) is 0 Å². The molecule has 0 atom stereocenters. The third-order valence-electron chi connectivity index (χ3n) is 2.98. The standard InChI is InChI=1S/C12H14FNO2/c1-12(4-5-12)7-14-11(16)9-3-2-8(13)6-10(9)15/h2-3,6,15H,4-5,7H2,1H3,(H,14,16). The van der Waals surface area contributed by atoms with E-state index in [0.717, 1.165) is 25.0 Å². The SMILES string of the molecule is CC1(CNC(=O)c2ccc(F)cc2O)CC1. The van der Waals surface area contributed by atoms with Gasteiger partial charge in [-0.05, 0) is 30.4 Å². The summed E-state index contributed by atoms with van der Waals surface area (Å²) in [5, 5.41) is 12.1. The van der Waals surface area contributed by atoms with Crippen molar-refractivity contribution >= 4 is 5.91 Å². The maximum atomic E-state index is 12.7. The number of aromatic hydroxyl groups is 1. The van der Waals surface area contributed by atoms with Gasteiger partial charge in [0.1, 0.15) is 11.6 Å². The Balaban J connectivity index is 2.02. The summed E-state index contributed by atoms with van der Waals surface area (Å²) in [6, 6.07) is 3.39. The number of amides is 1. The summed E-state index contributed by atoms with van der Waals surface area (Å²) in [4.78, 5) is 11.7. The summed E-state index contributed by atoms with van der Waals surface area (Å²) < 4.78 is 12.7.